The Morgan fingerprint density at radius 2 is 1.72 bits per heavy atom. The minimum atomic E-state index is -0.0194. The molecule has 2 nitrogen and oxygen atoms in total. The number of carbonyl (C=O) groups is 1. The molecule has 0 aliphatic rings. The number of benzene rings is 1. The highest BCUT2D eigenvalue weighted by atomic mass is 16.1. The predicted molar refractivity (Wildman–Crippen MR) is 72.9 cm³/mol. The monoisotopic (exact) mass is 239 g/mol. The summed E-state index contributed by atoms with van der Waals surface area (Å²) in [4.78, 5) is 16.5. The van der Waals surface area contributed by atoms with Crippen LogP contribution in [-0.4, -0.2) is 10.8 Å². The van der Waals surface area contributed by atoms with E-state index in [9.17, 15) is 4.79 Å². The molecule has 0 fully saturated rings. The molecule has 0 aliphatic heterocycles. The van der Waals surface area contributed by atoms with Gasteiger partial charge in [-0.05, 0) is 30.5 Å². The van der Waals surface area contributed by atoms with E-state index in [-0.39, 0.29) is 5.78 Å². The van der Waals surface area contributed by atoms with E-state index in [2.05, 4.69) is 18.8 Å². The van der Waals surface area contributed by atoms with Gasteiger partial charge < -0.3 is 0 Å². The summed E-state index contributed by atoms with van der Waals surface area (Å²) >= 11 is 0. The van der Waals surface area contributed by atoms with Gasteiger partial charge in [0.15, 0.2) is 0 Å². The van der Waals surface area contributed by atoms with Crippen LogP contribution in [0, 0.1) is 6.92 Å². The summed E-state index contributed by atoms with van der Waals surface area (Å²) in [7, 11) is 0. The van der Waals surface area contributed by atoms with Crippen molar-refractivity contribution < 1.29 is 4.79 Å². The molecular weight excluding hydrogens is 222 g/mol. The molecule has 1 heterocycles. The molecule has 1 aromatic heterocycles. The lowest BCUT2D eigenvalue weighted by atomic mass is 9.99. The third kappa shape index (κ3) is 2.65. The number of nitrogens with zero attached hydrogens (tertiary/aromatic N) is 1. The molecule has 0 N–H and O–H groups in total. The summed E-state index contributed by atoms with van der Waals surface area (Å²) in [6.07, 6.45) is 0. The van der Waals surface area contributed by atoms with Crippen LogP contribution < -0.4 is 0 Å². The lowest BCUT2D eigenvalue weighted by molar-refractivity contribution is 0.103. The molecule has 2 aromatic rings. The van der Waals surface area contributed by atoms with Gasteiger partial charge in [0.1, 0.15) is 5.69 Å². The van der Waals surface area contributed by atoms with Gasteiger partial charge in [0.05, 0.1) is 0 Å². The van der Waals surface area contributed by atoms with Gasteiger partial charge in [0, 0.05) is 11.3 Å². The summed E-state index contributed by atoms with van der Waals surface area (Å²) in [5.41, 5.74) is 3.30. The number of aryl methyl sites for hydroxylation is 1. The molecular formula is C16H17NO. The predicted octanol–water partition coefficient (Wildman–Crippen LogP) is 3.74. The SMILES string of the molecule is Cc1cccc(C(=O)c2ccc(C(C)C)cc2)n1. The molecule has 0 unspecified atom stereocenters. The maximum absolute atomic E-state index is 12.2. The lowest BCUT2D eigenvalue weighted by Crippen LogP contribution is -2.04. The molecule has 0 spiro atoms. The number of carbonyl (C=O) groups excluding carboxylic acids is 1. The first-order valence-electron chi connectivity index (χ1n) is 6.16. The minimum absolute atomic E-state index is 0.0194. The first-order valence-corrected chi connectivity index (χ1v) is 6.16. The number of aromatic nitrogens is 1. The first kappa shape index (κ1) is 12.5. The van der Waals surface area contributed by atoms with E-state index in [4.69, 9.17) is 0 Å². The van der Waals surface area contributed by atoms with Gasteiger partial charge >= 0.3 is 0 Å². The molecule has 0 bridgehead atoms. The Balaban J connectivity index is 2.29. The molecule has 0 saturated carbocycles. The number of hydrogen-bond acceptors (Lipinski definition) is 2. The van der Waals surface area contributed by atoms with Crippen LogP contribution in [0.5, 0.6) is 0 Å². The van der Waals surface area contributed by atoms with Gasteiger partial charge in [0.25, 0.3) is 0 Å². The van der Waals surface area contributed by atoms with E-state index >= 15 is 0 Å². The highest BCUT2D eigenvalue weighted by Crippen LogP contribution is 2.16. The summed E-state index contributed by atoms with van der Waals surface area (Å²) in [6, 6.07) is 13.3. The molecule has 2 rings (SSSR count). The van der Waals surface area contributed by atoms with Crippen LogP contribution in [-0.2, 0) is 0 Å². The molecule has 0 saturated heterocycles. The van der Waals surface area contributed by atoms with E-state index in [1.807, 2.05) is 43.3 Å². The molecule has 1 aromatic carbocycles. The molecule has 92 valence electrons. The number of rotatable bonds is 3. The van der Waals surface area contributed by atoms with E-state index in [1.165, 1.54) is 5.56 Å². The second-order valence-corrected chi connectivity index (χ2v) is 4.77. The number of hydrogen-bond donors (Lipinski definition) is 0. The normalized spacial score (nSPS) is 10.7. The van der Waals surface area contributed by atoms with Crippen LogP contribution in [0.4, 0.5) is 0 Å². The van der Waals surface area contributed by atoms with Gasteiger partial charge in [-0.1, -0.05) is 44.2 Å². The molecule has 0 radical (unpaired) electrons. The lowest BCUT2D eigenvalue weighted by Gasteiger charge is -2.06. The van der Waals surface area contributed by atoms with E-state index < -0.39 is 0 Å². The zero-order chi connectivity index (χ0) is 13.1. The Kier molecular flexibility index (Phi) is 3.56. The highest BCUT2D eigenvalue weighted by Gasteiger charge is 2.10. The van der Waals surface area contributed by atoms with Crippen molar-refractivity contribution in [2.75, 3.05) is 0 Å². The zero-order valence-corrected chi connectivity index (χ0v) is 11.0. The quantitative estimate of drug-likeness (QED) is 0.764. The maximum Gasteiger partial charge on any atom is 0.211 e. The van der Waals surface area contributed by atoms with Crippen molar-refractivity contribution in [3.63, 3.8) is 0 Å². The van der Waals surface area contributed by atoms with Crippen LogP contribution in [0.25, 0.3) is 0 Å². The Morgan fingerprint density at radius 3 is 2.28 bits per heavy atom. The highest BCUT2D eigenvalue weighted by molar-refractivity contribution is 6.07. The van der Waals surface area contributed by atoms with Crippen molar-refractivity contribution in [1.29, 1.82) is 0 Å². The van der Waals surface area contributed by atoms with E-state index in [1.54, 1.807) is 6.07 Å². The third-order valence-corrected chi connectivity index (χ3v) is 2.96. The summed E-state index contributed by atoms with van der Waals surface area (Å²) in [6.45, 7) is 6.16. The molecule has 0 aliphatic carbocycles. The van der Waals surface area contributed by atoms with Gasteiger partial charge in [-0.2, -0.15) is 0 Å². The fraction of sp³-hybridized carbons (Fsp3) is 0.250. The van der Waals surface area contributed by atoms with Crippen LogP contribution in [0.3, 0.4) is 0 Å². The Bertz CT molecular complexity index is 556. The average molecular weight is 239 g/mol. The van der Waals surface area contributed by atoms with E-state index in [0.29, 0.717) is 17.2 Å². The number of pyridine rings is 1. The Morgan fingerprint density at radius 1 is 1.06 bits per heavy atom. The van der Waals surface area contributed by atoms with Crippen molar-refractivity contribution >= 4 is 5.78 Å². The van der Waals surface area contributed by atoms with Crippen molar-refractivity contribution in [3.8, 4) is 0 Å². The van der Waals surface area contributed by atoms with Crippen molar-refractivity contribution in [3.05, 3.63) is 65.0 Å². The van der Waals surface area contributed by atoms with Crippen LogP contribution in [0.15, 0.2) is 42.5 Å². The molecule has 0 atom stereocenters. The third-order valence-electron chi connectivity index (χ3n) is 2.96. The van der Waals surface area contributed by atoms with Crippen molar-refractivity contribution in [2.45, 2.75) is 26.7 Å². The standard InChI is InChI=1S/C16H17NO/c1-11(2)13-7-9-14(10-8-13)16(18)15-6-4-5-12(3)17-15/h4-11H,1-3H3. The Hall–Kier alpha value is -1.96. The average Bonchev–Trinajstić information content (AvgIpc) is 2.38. The number of ketones is 1. The Labute approximate surface area is 108 Å². The molecule has 18 heavy (non-hydrogen) atoms. The largest absolute Gasteiger partial charge is 0.287 e. The van der Waals surface area contributed by atoms with Crippen LogP contribution >= 0.6 is 0 Å². The van der Waals surface area contributed by atoms with Gasteiger partial charge in [-0.25, -0.2) is 4.98 Å². The summed E-state index contributed by atoms with van der Waals surface area (Å²) in [5, 5.41) is 0. The van der Waals surface area contributed by atoms with Crippen LogP contribution in [0.2, 0.25) is 0 Å². The topological polar surface area (TPSA) is 30.0 Å². The smallest absolute Gasteiger partial charge is 0.211 e. The van der Waals surface area contributed by atoms with Gasteiger partial charge in [-0.3, -0.25) is 4.79 Å². The fourth-order valence-corrected chi connectivity index (χ4v) is 1.84. The van der Waals surface area contributed by atoms with E-state index in [0.717, 1.165) is 5.69 Å². The first-order chi connectivity index (χ1) is 8.58. The van der Waals surface area contributed by atoms with Gasteiger partial charge in [0.2, 0.25) is 5.78 Å². The summed E-state index contributed by atoms with van der Waals surface area (Å²) in [5.74, 6) is 0.459. The fourth-order valence-electron chi connectivity index (χ4n) is 1.84. The summed E-state index contributed by atoms with van der Waals surface area (Å²) < 4.78 is 0. The second kappa shape index (κ2) is 5.13. The van der Waals surface area contributed by atoms with Crippen LogP contribution in [0.1, 0.15) is 47.1 Å². The second-order valence-electron chi connectivity index (χ2n) is 4.77. The molecule has 2 heteroatoms. The zero-order valence-electron chi connectivity index (χ0n) is 11.0. The molecule has 0 amide bonds. The van der Waals surface area contributed by atoms with Gasteiger partial charge in [-0.15, -0.1) is 0 Å². The van der Waals surface area contributed by atoms with Crippen molar-refractivity contribution in [1.82, 2.24) is 4.98 Å². The minimum Gasteiger partial charge on any atom is -0.287 e. The van der Waals surface area contributed by atoms with Crippen molar-refractivity contribution in [2.24, 2.45) is 0 Å². The maximum atomic E-state index is 12.2.